The summed E-state index contributed by atoms with van der Waals surface area (Å²) in [4.78, 5) is 4.25. The average Bonchev–Trinajstić information content (AvgIpc) is 2.33. The zero-order chi connectivity index (χ0) is 11.5. The molecular weight excluding hydrogens is 244 g/mol. The highest BCUT2D eigenvalue weighted by molar-refractivity contribution is 7.80. The topological polar surface area (TPSA) is 63.0 Å². The summed E-state index contributed by atoms with van der Waals surface area (Å²) < 4.78 is 0. The highest BCUT2D eigenvalue weighted by Crippen LogP contribution is 2.27. The Labute approximate surface area is 103 Å². The molecule has 1 heterocycles. The quantitative estimate of drug-likeness (QED) is 0.412. The highest BCUT2D eigenvalue weighted by Gasteiger charge is 2.06. The second kappa shape index (κ2) is 4.61. The maximum Gasteiger partial charge on any atom is 0.185 e. The molecule has 82 valence electrons. The number of hydrogen-bond acceptors (Lipinski definition) is 3. The number of nitrogens with zero attached hydrogens (tertiary/aromatic N) is 1. The number of nitrogens with two attached hydrogens (primary N) is 1. The summed E-state index contributed by atoms with van der Waals surface area (Å²) in [6.45, 7) is 0. The van der Waals surface area contributed by atoms with Gasteiger partial charge in [-0.2, -0.15) is 0 Å². The van der Waals surface area contributed by atoms with Gasteiger partial charge in [-0.1, -0.05) is 11.6 Å². The van der Waals surface area contributed by atoms with Crippen molar-refractivity contribution in [3.8, 4) is 0 Å². The number of halogens is 1. The van der Waals surface area contributed by atoms with Gasteiger partial charge >= 0.3 is 0 Å². The van der Waals surface area contributed by atoms with Gasteiger partial charge in [0.05, 0.1) is 16.2 Å². The summed E-state index contributed by atoms with van der Waals surface area (Å²) in [6.07, 6.45) is 1.70. The number of hydrogen-bond donors (Lipinski definition) is 3. The van der Waals surface area contributed by atoms with Crippen molar-refractivity contribution in [3.63, 3.8) is 0 Å². The molecule has 1 aromatic heterocycles. The third-order valence-electron chi connectivity index (χ3n) is 2.10. The number of fused-ring (bicyclic) bond motifs is 1. The lowest BCUT2D eigenvalue weighted by molar-refractivity contribution is 1.04. The number of anilines is 1. The van der Waals surface area contributed by atoms with Crippen molar-refractivity contribution in [1.29, 1.82) is 0 Å². The molecule has 0 unspecified atom stereocenters. The molecule has 0 aliphatic rings. The highest BCUT2D eigenvalue weighted by atomic mass is 35.5. The molecule has 2 rings (SSSR count). The third kappa shape index (κ3) is 2.06. The minimum absolute atomic E-state index is 0.328. The van der Waals surface area contributed by atoms with Crippen LogP contribution in [-0.2, 0) is 0 Å². The number of nitrogens with one attached hydrogen (secondary N) is 2. The summed E-state index contributed by atoms with van der Waals surface area (Å²) in [5.41, 5.74) is 3.88. The summed E-state index contributed by atoms with van der Waals surface area (Å²) in [5.74, 6) is 5.19. The van der Waals surface area contributed by atoms with Gasteiger partial charge in [0.1, 0.15) is 0 Å². The van der Waals surface area contributed by atoms with Gasteiger partial charge in [-0.15, -0.1) is 0 Å². The predicted octanol–water partition coefficient (Wildman–Crippen LogP) is 2.05. The first kappa shape index (κ1) is 11.1. The number of hydrazine groups is 1. The van der Waals surface area contributed by atoms with Gasteiger partial charge in [0.25, 0.3) is 0 Å². The maximum atomic E-state index is 6.06. The Morgan fingerprint density at radius 3 is 2.94 bits per heavy atom. The Bertz CT molecular complexity index is 543. The second-order valence-electron chi connectivity index (χ2n) is 3.09. The van der Waals surface area contributed by atoms with Crippen LogP contribution in [0.5, 0.6) is 0 Å². The SMILES string of the molecule is NNC(=S)Nc1ccc(Cl)c2cccnc12. The van der Waals surface area contributed by atoms with Crippen LogP contribution in [-0.4, -0.2) is 10.1 Å². The maximum absolute atomic E-state index is 6.06. The molecule has 0 spiro atoms. The average molecular weight is 253 g/mol. The van der Waals surface area contributed by atoms with E-state index in [9.17, 15) is 0 Å². The fraction of sp³-hybridized carbons (Fsp3) is 0. The van der Waals surface area contributed by atoms with Crippen LogP contribution in [0.25, 0.3) is 10.9 Å². The van der Waals surface area contributed by atoms with Gasteiger partial charge in [-0.3, -0.25) is 4.98 Å². The zero-order valence-electron chi connectivity index (χ0n) is 8.20. The van der Waals surface area contributed by atoms with Gasteiger partial charge in [-0.05, 0) is 36.5 Å². The molecule has 0 bridgehead atoms. The molecule has 0 fully saturated rings. The summed E-state index contributed by atoms with van der Waals surface area (Å²) >= 11 is 11.0. The Balaban J connectivity index is 2.54. The zero-order valence-corrected chi connectivity index (χ0v) is 9.77. The van der Waals surface area contributed by atoms with Gasteiger partial charge in [0.2, 0.25) is 0 Å². The van der Waals surface area contributed by atoms with Crippen LogP contribution in [0.4, 0.5) is 5.69 Å². The predicted molar refractivity (Wildman–Crippen MR) is 70.3 cm³/mol. The van der Waals surface area contributed by atoms with Crippen molar-refractivity contribution in [3.05, 3.63) is 35.5 Å². The van der Waals surface area contributed by atoms with Gasteiger partial charge < -0.3 is 10.7 Å². The molecular formula is C10H9ClN4S. The summed E-state index contributed by atoms with van der Waals surface area (Å²) in [7, 11) is 0. The van der Waals surface area contributed by atoms with Crippen LogP contribution in [0, 0.1) is 0 Å². The van der Waals surface area contributed by atoms with E-state index >= 15 is 0 Å². The lowest BCUT2D eigenvalue weighted by Gasteiger charge is -2.09. The van der Waals surface area contributed by atoms with Crippen LogP contribution in [0.1, 0.15) is 0 Å². The molecule has 4 nitrogen and oxygen atoms in total. The molecule has 0 aliphatic carbocycles. The van der Waals surface area contributed by atoms with Crippen LogP contribution in [0.15, 0.2) is 30.5 Å². The first-order valence-corrected chi connectivity index (χ1v) is 5.32. The second-order valence-corrected chi connectivity index (χ2v) is 3.91. The van der Waals surface area contributed by atoms with E-state index < -0.39 is 0 Å². The van der Waals surface area contributed by atoms with E-state index in [1.54, 1.807) is 18.3 Å². The normalized spacial score (nSPS) is 10.1. The van der Waals surface area contributed by atoms with Gasteiger partial charge in [0.15, 0.2) is 5.11 Å². The van der Waals surface area contributed by atoms with Crippen LogP contribution in [0.3, 0.4) is 0 Å². The van der Waals surface area contributed by atoms with Crippen molar-refractivity contribution < 1.29 is 0 Å². The lowest BCUT2D eigenvalue weighted by atomic mass is 10.2. The molecule has 0 radical (unpaired) electrons. The van der Waals surface area contributed by atoms with Crippen molar-refractivity contribution in [2.75, 3.05) is 5.32 Å². The number of rotatable bonds is 1. The molecule has 0 atom stereocenters. The molecule has 0 saturated carbocycles. The van der Waals surface area contributed by atoms with Crippen molar-refractivity contribution in [1.82, 2.24) is 10.4 Å². The Morgan fingerprint density at radius 1 is 1.38 bits per heavy atom. The molecule has 1 aromatic carbocycles. The summed E-state index contributed by atoms with van der Waals surface area (Å²) in [5, 5.41) is 4.79. The van der Waals surface area contributed by atoms with E-state index in [-0.39, 0.29) is 0 Å². The fourth-order valence-electron chi connectivity index (χ4n) is 1.40. The standard InChI is InChI=1S/C10H9ClN4S/c11-7-3-4-8(14-10(16)15-12)9-6(7)2-1-5-13-9/h1-5H,12H2,(H2,14,15,16). The molecule has 6 heteroatoms. The number of aromatic nitrogens is 1. The molecule has 0 aliphatic heterocycles. The van der Waals surface area contributed by atoms with E-state index in [1.165, 1.54) is 0 Å². The van der Waals surface area contributed by atoms with E-state index in [1.807, 2.05) is 12.1 Å². The Hall–Kier alpha value is -1.43. The number of thiocarbonyl (C=S) groups is 1. The summed E-state index contributed by atoms with van der Waals surface area (Å²) in [6, 6.07) is 7.32. The number of benzene rings is 1. The van der Waals surface area contributed by atoms with E-state index in [0.717, 1.165) is 16.6 Å². The minimum atomic E-state index is 0.328. The monoisotopic (exact) mass is 252 g/mol. The third-order valence-corrected chi connectivity index (χ3v) is 2.65. The minimum Gasteiger partial charge on any atom is -0.330 e. The first-order valence-electron chi connectivity index (χ1n) is 4.53. The van der Waals surface area contributed by atoms with Gasteiger partial charge in [0, 0.05) is 11.6 Å². The van der Waals surface area contributed by atoms with Crippen LogP contribution < -0.4 is 16.6 Å². The van der Waals surface area contributed by atoms with Gasteiger partial charge in [-0.25, -0.2) is 5.84 Å². The molecule has 0 saturated heterocycles. The molecule has 4 N–H and O–H groups in total. The fourth-order valence-corrected chi connectivity index (χ4v) is 1.72. The van der Waals surface area contributed by atoms with Crippen LogP contribution >= 0.6 is 23.8 Å². The lowest BCUT2D eigenvalue weighted by Crippen LogP contribution is -2.34. The first-order chi connectivity index (χ1) is 7.72. The van der Waals surface area contributed by atoms with E-state index in [0.29, 0.717) is 10.1 Å². The smallest absolute Gasteiger partial charge is 0.185 e. The van der Waals surface area contributed by atoms with Crippen LogP contribution in [0.2, 0.25) is 5.02 Å². The molecule has 2 aromatic rings. The molecule has 16 heavy (non-hydrogen) atoms. The van der Waals surface area contributed by atoms with E-state index in [2.05, 4.69) is 15.7 Å². The van der Waals surface area contributed by atoms with Crippen molar-refractivity contribution >= 4 is 45.5 Å². The van der Waals surface area contributed by atoms with Crippen molar-refractivity contribution in [2.45, 2.75) is 0 Å². The molecule has 0 amide bonds. The Morgan fingerprint density at radius 2 is 2.19 bits per heavy atom. The number of pyridine rings is 1. The van der Waals surface area contributed by atoms with Crippen molar-refractivity contribution in [2.24, 2.45) is 5.84 Å². The van der Waals surface area contributed by atoms with E-state index in [4.69, 9.17) is 29.7 Å². The largest absolute Gasteiger partial charge is 0.330 e. The Kier molecular flexibility index (Phi) is 3.19.